The summed E-state index contributed by atoms with van der Waals surface area (Å²) in [5.41, 5.74) is 0. The van der Waals surface area contributed by atoms with Crippen LogP contribution < -0.4 is 5.84 Å². The summed E-state index contributed by atoms with van der Waals surface area (Å²) in [6.07, 6.45) is 0. The van der Waals surface area contributed by atoms with E-state index in [2.05, 4.69) is 0 Å². The van der Waals surface area contributed by atoms with Gasteiger partial charge in [-0.2, -0.15) is 0 Å². The lowest BCUT2D eigenvalue weighted by Crippen LogP contribution is -2.40. The van der Waals surface area contributed by atoms with Gasteiger partial charge in [-0.3, -0.25) is 10.6 Å². The highest BCUT2D eigenvalue weighted by molar-refractivity contribution is 5.72. The second-order valence-electron chi connectivity index (χ2n) is 1.68. The fourth-order valence-corrected chi connectivity index (χ4v) is 0.174. The molecule has 0 aromatic rings. The fraction of sp³-hybridized carbons (Fsp3) is 0.750. The number of carboxylic acid groups (broad SMARTS) is 1. The standard InChI is InChI=1S/C4H10N2O2/c1-3(4(7)8)6(2)5/h3H,5H2,1-2H3,(H,7,8)/t3-/m1/s1. The van der Waals surface area contributed by atoms with E-state index < -0.39 is 12.0 Å². The van der Waals surface area contributed by atoms with E-state index >= 15 is 0 Å². The molecule has 0 aliphatic rings. The Morgan fingerprint density at radius 2 is 2.25 bits per heavy atom. The number of carboxylic acids is 1. The Hall–Kier alpha value is -0.610. The van der Waals surface area contributed by atoms with Crippen LogP contribution in [-0.2, 0) is 4.79 Å². The first-order valence-corrected chi connectivity index (χ1v) is 2.26. The van der Waals surface area contributed by atoms with Crippen LogP contribution >= 0.6 is 0 Å². The Morgan fingerprint density at radius 3 is 2.25 bits per heavy atom. The van der Waals surface area contributed by atoms with Gasteiger partial charge < -0.3 is 5.11 Å². The molecule has 0 radical (unpaired) electrons. The maximum absolute atomic E-state index is 10.0. The molecule has 4 heteroatoms. The summed E-state index contributed by atoms with van der Waals surface area (Å²) >= 11 is 0. The molecule has 48 valence electrons. The summed E-state index contributed by atoms with van der Waals surface area (Å²) in [5, 5.41) is 9.37. The molecule has 0 aromatic heterocycles. The zero-order valence-corrected chi connectivity index (χ0v) is 4.96. The summed E-state index contributed by atoms with van der Waals surface area (Å²) in [6, 6.07) is -0.602. The zero-order chi connectivity index (χ0) is 6.73. The van der Waals surface area contributed by atoms with Crippen molar-refractivity contribution in [1.82, 2.24) is 5.01 Å². The molecule has 0 aliphatic carbocycles. The summed E-state index contributed by atoms with van der Waals surface area (Å²) in [4.78, 5) is 10.0. The second-order valence-corrected chi connectivity index (χ2v) is 1.68. The van der Waals surface area contributed by atoms with Gasteiger partial charge in [0.2, 0.25) is 0 Å². The lowest BCUT2D eigenvalue weighted by atomic mass is 10.3. The highest BCUT2D eigenvalue weighted by Gasteiger charge is 2.11. The monoisotopic (exact) mass is 118 g/mol. The lowest BCUT2D eigenvalue weighted by Gasteiger charge is -2.13. The van der Waals surface area contributed by atoms with Gasteiger partial charge in [0, 0.05) is 7.05 Å². The predicted molar refractivity (Wildman–Crippen MR) is 29.0 cm³/mol. The molecule has 0 rings (SSSR count). The summed E-state index contributed by atoms with van der Waals surface area (Å²) in [7, 11) is 1.51. The van der Waals surface area contributed by atoms with E-state index in [0.29, 0.717) is 0 Å². The Kier molecular flexibility index (Phi) is 2.44. The topological polar surface area (TPSA) is 66.6 Å². The molecular formula is C4H10N2O2. The molecule has 0 saturated heterocycles. The van der Waals surface area contributed by atoms with Crippen LogP contribution in [-0.4, -0.2) is 29.2 Å². The van der Waals surface area contributed by atoms with E-state index in [1.165, 1.54) is 14.0 Å². The first-order valence-electron chi connectivity index (χ1n) is 2.26. The smallest absolute Gasteiger partial charge is 0.322 e. The number of likely N-dealkylation sites (N-methyl/N-ethyl adjacent to an activating group) is 1. The quantitative estimate of drug-likeness (QED) is 0.370. The average molecular weight is 118 g/mol. The van der Waals surface area contributed by atoms with Crippen molar-refractivity contribution in [2.75, 3.05) is 7.05 Å². The van der Waals surface area contributed by atoms with Crippen molar-refractivity contribution in [3.63, 3.8) is 0 Å². The summed E-state index contributed by atoms with van der Waals surface area (Å²) in [5.74, 6) is 4.18. The van der Waals surface area contributed by atoms with E-state index in [4.69, 9.17) is 10.9 Å². The van der Waals surface area contributed by atoms with Gasteiger partial charge in [0.1, 0.15) is 6.04 Å². The maximum atomic E-state index is 10.0. The molecular weight excluding hydrogens is 108 g/mol. The van der Waals surface area contributed by atoms with Gasteiger partial charge in [-0.05, 0) is 6.92 Å². The van der Waals surface area contributed by atoms with Crippen molar-refractivity contribution in [2.45, 2.75) is 13.0 Å². The van der Waals surface area contributed by atoms with Crippen LogP contribution in [0.5, 0.6) is 0 Å². The zero-order valence-electron chi connectivity index (χ0n) is 4.96. The lowest BCUT2D eigenvalue weighted by molar-refractivity contribution is -0.142. The van der Waals surface area contributed by atoms with Gasteiger partial charge in [-0.15, -0.1) is 0 Å². The highest BCUT2D eigenvalue weighted by atomic mass is 16.4. The molecule has 8 heavy (non-hydrogen) atoms. The van der Waals surface area contributed by atoms with Crippen LogP contribution in [0.15, 0.2) is 0 Å². The molecule has 0 saturated carbocycles. The largest absolute Gasteiger partial charge is 0.480 e. The number of aliphatic carboxylic acids is 1. The molecule has 3 N–H and O–H groups in total. The van der Waals surface area contributed by atoms with E-state index in [1.807, 2.05) is 0 Å². The van der Waals surface area contributed by atoms with Crippen LogP contribution in [0.3, 0.4) is 0 Å². The third-order valence-electron chi connectivity index (χ3n) is 0.968. The second kappa shape index (κ2) is 2.64. The normalized spacial score (nSPS) is 14.0. The highest BCUT2D eigenvalue weighted by Crippen LogP contribution is 1.85. The van der Waals surface area contributed by atoms with E-state index in [0.717, 1.165) is 5.01 Å². The Balaban J connectivity index is 3.64. The SMILES string of the molecule is C[C@H](C(=O)O)N(C)N. The third-order valence-corrected chi connectivity index (χ3v) is 0.968. The van der Waals surface area contributed by atoms with E-state index in [9.17, 15) is 4.79 Å². The minimum absolute atomic E-state index is 0.602. The number of hydrogen-bond acceptors (Lipinski definition) is 3. The summed E-state index contributed by atoms with van der Waals surface area (Å²) < 4.78 is 0. The van der Waals surface area contributed by atoms with Crippen LogP contribution in [0.1, 0.15) is 6.92 Å². The van der Waals surface area contributed by atoms with Gasteiger partial charge in [-0.1, -0.05) is 0 Å². The minimum atomic E-state index is -0.907. The molecule has 0 amide bonds. The number of nitrogens with zero attached hydrogens (tertiary/aromatic N) is 1. The number of nitrogens with two attached hydrogens (primary N) is 1. The maximum Gasteiger partial charge on any atom is 0.322 e. The fourth-order valence-electron chi connectivity index (χ4n) is 0.174. The number of rotatable bonds is 2. The molecule has 0 aliphatic heterocycles. The molecule has 4 nitrogen and oxygen atoms in total. The molecule has 1 atom stereocenters. The molecule has 0 bridgehead atoms. The minimum Gasteiger partial charge on any atom is -0.480 e. The Bertz CT molecular complexity index is 92.0. The molecule has 0 unspecified atom stereocenters. The molecule has 0 heterocycles. The van der Waals surface area contributed by atoms with Crippen LogP contribution in [0.2, 0.25) is 0 Å². The van der Waals surface area contributed by atoms with Crippen LogP contribution in [0, 0.1) is 0 Å². The van der Waals surface area contributed by atoms with Crippen molar-refractivity contribution in [2.24, 2.45) is 5.84 Å². The molecule has 0 aromatic carbocycles. The molecule has 0 fully saturated rings. The predicted octanol–water partition coefficient (Wildman–Crippen LogP) is -0.735. The Labute approximate surface area is 47.9 Å². The van der Waals surface area contributed by atoms with E-state index in [-0.39, 0.29) is 0 Å². The van der Waals surface area contributed by atoms with Crippen molar-refractivity contribution in [1.29, 1.82) is 0 Å². The van der Waals surface area contributed by atoms with Crippen molar-refractivity contribution >= 4 is 5.97 Å². The van der Waals surface area contributed by atoms with Crippen molar-refractivity contribution < 1.29 is 9.90 Å². The molecule has 0 spiro atoms. The van der Waals surface area contributed by atoms with Gasteiger partial charge in [0.25, 0.3) is 0 Å². The van der Waals surface area contributed by atoms with E-state index in [1.54, 1.807) is 0 Å². The van der Waals surface area contributed by atoms with Gasteiger partial charge >= 0.3 is 5.97 Å². The van der Waals surface area contributed by atoms with Crippen molar-refractivity contribution in [3.8, 4) is 0 Å². The van der Waals surface area contributed by atoms with Gasteiger partial charge in [0.05, 0.1) is 0 Å². The number of hydrogen-bond donors (Lipinski definition) is 2. The number of hydrazine groups is 1. The van der Waals surface area contributed by atoms with Crippen LogP contribution in [0.25, 0.3) is 0 Å². The summed E-state index contributed by atoms with van der Waals surface area (Å²) in [6.45, 7) is 1.52. The third kappa shape index (κ3) is 1.90. The number of carbonyl (C=O) groups is 1. The first-order chi connectivity index (χ1) is 3.55. The Morgan fingerprint density at radius 1 is 1.88 bits per heavy atom. The van der Waals surface area contributed by atoms with Gasteiger partial charge in [0.15, 0.2) is 0 Å². The van der Waals surface area contributed by atoms with Gasteiger partial charge in [-0.25, -0.2) is 5.01 Å². The van der Waals surface area contributed by atoms with Crippen LogP contribution in [0.4, 0.5) is 0 Å². The first kappa shape index (κ1) is 7.39. The van der Waals surface area contributed by atoms with Crippen molar-refractivity contribution in [3.05, 3.63) is 0 Å². The average Bonchev–Trinajstić information content (AvgIpc) is 1.64.